The SMILES string of the molecule is O=Cc1ccc2c(c1)C1(c3ccccc3-c3ccccc31)c1ccccc1-2. The highest BCUT2D eigenvalue weighted by Gasteiger charge is 2.51. The van der Waals surface area contributed by atoms with E-state index in [0.29, 0.717) is 0 Å². The Morgan fingerprint density at radius 2 is 0.963 bits per heavy atom. The molecule has 27 heavy (non-hydrogen) atoms. The minimum absolute atomic E-state index is 0.349. The molecular formula is C26H16O. The maximum atomic E-state index is 11.6. The van der Waals surface area contributed by atoms with Crippen molar-refractivity contribution >= 4 is 6.29 Å². The van der Waals surface area contributed by atoms with Crippen molar-refractivity contribution in [2.45, 2.75) is 5.41 Å². The molecule has 0 unspecified atom stereocenters. The lowest BCUT2D eigenvalue weighted by molar-refractivity contribution is 0.112. The largest absolute Gasteiger partial charge is 0.298 e. The molecule has 0 heterocycles. The molecule has 2 aliphatic carbocycles. The predicted molar refractivity (Wildman–Crippen MR) is 108 cm³/mol. The smallest absolute Gasteiger partial charge is 0.150 e. The molecule has 0 atom stereocenters. The summed E-state index contributed by atoms with van der Waals surface area (Å²) in [6.45, 7) is 0. The van der Waals surface area contributed by atoms with Crippen molar-refractivity contribution in [2.75, 3.05) is 0 Å². The summed E-state index contributed by atoms with van der Waals surface area (Å²) in [5.74, 6) is 0. The molecule has 0 bridgehead atoms. The van der Waals surface area contributed by atoms with Crippen molar-refractivity contribution in [1.29, 1.82) is 0 Å². The van der Waals surface area contributed by atoms with Gasteiger partial charge in [0, 0.05) is 5.56 Å². The van der Waals surface area contributed by atoms with Crippen LogP contribution in [0.4, 0.5) is 0 Å². The van der Waals surface area contributed by atoms with Gasteiger partial charge in [0.15, 0.2) is 0 Å². The van der Waals surface area contributed by atoms with E-state index < -0.39 is 0 Å². The van der Waals surface area contributed by atoms with Crippen LogP contribution in [0.3, 0.4) is 0 Å². The first kappa shape index (κ1) is 14.7. The lowest BCUT2D eigenvalue weighted by atomic mass is 9.70. The number of hydrogen-bond acceptors (Lipinski definition) is 1. The van der Waals surface area contributed by atoms with Gasteiger partial charge in [-0.3, -0.25) is 4.79 Å². The Bertz CT molecular complexity index is 1190. The van der Waals surface area contributed by atoms with Gasteiger partial charge in [0.05, 0.1) is 5.41 Å². The van der Waals surface area contributed by atoms with E-state index in [0.717, 1.165) is 11.8 Å². The maximum absolute atomic E-state index is 11.6. The topological polar surface area (TPSA) is 17.1 Å². The standard InChI is InChI=1S/C26H16O/c27-16-17-13-14-21-20-9-3-6-12-24(20)26(25(21)15-17)22-10-4-1-7-18(22)19-8-2-5-11-23(19)26/h1-16H. The molecule has 2 aliphatic rings. The molecule has 0 saturated heterocycles. The fraction of sp³-hybridized carbons (Fsp3) is 0.0385. The summed E-state index contributed by atoms with van der Waals surface area (Å²) in [5.41, 5.74) is 10.6. The molecule has 0 radical (unpaired) electrons. The van der Waals surface area contributed by atoms with Gasteiger partial charge in [-0.15, -0.1) is 0 Å². The van der Waals surface area contributed by atoms with Crippen LogP contribution >= 0.6 is 0 Å². The average Bonchev–Trinajstić information content (AvgIpc) is 3.21. The second-order valence-corrected chi connectivity index (χ2v) is 7.31. The highest BCUT2D eigenvalue weighted by atomic mass is 16.1. The van der Waals surface area contributed by atoms with Gasteiger partial charge in [-0.1, -0.05) is 84.9 Å². The highest BCUT2D eigenvalue weighted by molar-refractivity contribution is 5.95. The van der Waals surface area contributed by atoms with Gasteiger partial charge in [0.1, 0.15) is 6.29 Å². The molecule has 4 aromatic rings. The zero-order valence-electron chi connectivity index (χ0n) is 14.6. The quantitative estimate of drug-likeness (QED) is 0.342. The molecule has 1 nitrogen and oxygen atoms in total. The first-order valence-electron chi connectivity index (χ1n) is 9.24. The molecule has 126 valence electrons. The molecule has 1 heteroatoms. The summed E-state index contributed by atoms with van der Waals surface area (Å²) in [4.78, 5) is 11.6. The molecule has 6 rings (SSSR count). The molecule has 0 aliphatic heterocycles. The van der Waals surface area contributed by atoms with Gasteiger partial charge in [0.2, 0.25) is 0 Å². The summed E-state index contributed by atoms with van der Waals surface area (Å²) in [6, 6.07) is 32.2. The van der Waals surface area contributed by atoms with E-state index in [1.54, 1.807) is 0 Å². The molecule has 1 spiro atoms. The molecule has 0 N–H and O–H groups in total. The molecule has 0 saturated carbocycles. The Hall–Kier alpha value is -3.45. The number of hydrogen-bond donors (Lipinski definition) is 0. The zero-order valence-corrected chi connectivity index (χ0v) is 14.6. The molecule has 0 amide bonds. The summed E-state index contributed by atoms with van der Waals surface area (Å²) in [5, 5.41) is 0. The van der Waals surface area contributed by atoms with Crippen LogP contribution in [0.1, 0.15) is 32.6 Å². The number of carbonyl (C=O) groups excluding carboxylic acids is 1. The number of carbonyl (C=O) groups is 1. The third-order valence-corrected chi connectivity index (χ3v) is 6.16. The molecule has 4 aromatic carbocycles. The van der Waals surface area contributed by atoms with Crippen LogP contribution in [0, 0.1) is 0 Å². The first-order chi connectivity index (χ1) is 13.4. The van der Waals surface area contributed by atoms with Crippen LogP contribution in [-0.2, 0) is 5.41 Å². The molecular weight excluding hydrogens is 328 g/mol. The van der Waals surface area contributed by atoms with Crippen LogP contribution in [0.5, 0.6) is 0 Å². The van der Waals surface area contributed by atoms with Crippen LogP contribution < -0.4 is 0 Å². The monoisotopic (exact) mass is 344 g/mol. The Balaban J connectivity index is 1.87. The minimum atomic E-state index is -0.349. The van der Waals surface area contributed by atoms with Crippen molar-refractivity contribution in [3.05, 3.63) is 119 Å². The lowest BCUT2D eigenvalue weighted by Crippen LogP contribution is -2.25. The fourth-order valence-electron chi connectivity index (χ4n) is 5.19. The number of fused-ring (bicyclic) bond motifs is 10. The van der Waals surface area contributed by atoms with E-state index in [1.807, 2.05) is 6.07 Å². The highest BCUT2D eigenvalue weighted by Crippen LogP contribution is 2.62. The Labute approximate surface area is 157 Å². The molecule has 0 fully saturated rings. The Morgan fingerprint density at radius 3 is 1.44 bits per heavy atom. The van der Waals surface area contributed by atoms with Crippen LogP contribution in [0.15, 0.2) is 91.0 Å². The third-order valence-electron chi connectivity index (χ3n) is 6.16. The number of benzene rings is 4. The van der Waals surface area contributed by atoms with E-state index in [9.17, 15) is 4.79 Å². The lowest BCUT2D eigenvalue weighted by Gasteiger charge is -2.30. The summed E-state index contributed by atoms with van der Waals surface area (Å²) >= 11 is 0. The summed E-state index contributed by atoms with van der Waals surface area (Å²) in [7, 11) is 0. The van der Waals surface area contributed by atoms with Crippen LogP contribution in [-0.4, -0.2) is 6.29 Å². The summed E-state index contributed by atoms with van der Waals surface area (Å²) in [6.07, 6.45) is 0.948. The van der Waals surface area contributed by atoms with E-state index in [4.69, 9.17) is 0 Å². The Kier molecular flexibility index (Phi) is 2.75. The average molecular weight is 344 g/mol. The molecule has 0 aromatic heterocycles. The van der Waals surface area contributed by atoms with Gasteiger partial charge in [0.25, 0.3) is 0 Å². The second-order valence-electron chi connectivity index (χ2n) is 7.31. The zero-order chi connectivity index (χ0) is 18.0. The van der Waals surface area contributed by atoms with E-state index >= 15 is 0 Å². The van der Waals surface area contributed by atoms with Crippen LogP contribution in [0.2, 0.25) is 0 Å². The number of aldehydes is 1. The van der Waals surface area contributed by atoms with Gasteiger partial charge in [-0.2, -0.15) is 0 Å². The van der Waals surface area contributed by atoms with E-state index in [-0.39, 0.29) is 5.41 Å². The predicted octanol–water partition coefficient (Wildman–Crippen LogP) is 5.84. The van der Waals surface area contributed by atoms with Crippen molar-refractivity contribution in [3.8, 4) is 22.3 Å². The maximum Gasteiger partial charge on any atom is 0.150 e. The fourth-order valence-corrected chi connectivity index (χ4v) is 5.19. The van der Waals surface area contributed by atoms with Crippen molar-refractivity contribution < 1.29 is 4.79 Å². The minimum Gasteiger partial charge on any atom is -0.298 e. The van der Waals surface area contributed by atoms with E-state index in [2.05, 4.69) is 84.9 Å². The van der Waals surface area contributed by atoms with Crippen molar-refractivity contribution in [1.82, 2.24) is 0 Å². The van der Waals surface area contributed by atoms with Gasteiger partial charge in [-0.05, 0) is 50.6 Å². The normalized spacial score (nSPS) is 14.4. The second kappa shape index (κ2) is 5.05. The van der Waals surface area contributed by atoms with Crippen LogP contribution in [0.25, 0.3) is 22.3 Å². The van der Waals surface area contributed by atoms with Gasteiger partial charge >= 0.3 is 0 Å². The van der Waals surface area contributed by atoms with E-state index in [1.165, 1.54) is 44.5 Å². The third kappa shape index (κ3) is 1.63. The van der Waals surface area contributed by atoms with Gasteiger partial charge < -0.3 is 0 Å². The van der Waals surface area contributed by atoms with Crippen molar-refractivity contribution in [2.24, 2.45) is 0 Å². The Morgan fingerprint density at radius 1 is 0.519 bits per heavy atom. The summed E-state index contributed by atoms with van der Waals surface area (Å²) < 4.78 is 0. The van der Waals surface area contributed by atoms with Gasteiger partial charge in [-0.25, -0.2) is 0 Å². The first-order valence-corrected chi connectivity index (χ1v) is 9.24. The van der Waals surface area contributed by atoms with Crippen molar-refractivity contribution in [3.63, 3.8) is 0 Å². The number of rotatable bonds is 1.